The van der Waals surface area contributed by atoms with Crippen LogP contribution < -0.4 is 5.73 Å². The molecule has 1 heterocycles. The highest BCUT2D eigenvalue weighted by Gasteiger charge is 2.34. The number of rotatable bonds is 3. The molecule has 3 nitrogen and oxygen atoms in total. The van der Waals surface area contributed by atoms with Crippen molar-refractivity contribution in [2.45, 2.75) is 38.5 Å². The first kappa shape index (κ1) is 15.0. The molecular weight excluding hydrogens is 304 g/mol. The van der Waals surface area contributed by atoms with Gasteiger partial charge in [-0.15, -0.1) is 0 Å². The second kappa shape index (κ2) is 5.92. The summed E-state index contributed by atoms with van der Waals surface area (Å²) >= 11 is 3.65. The van der Waals surface area contributed by atoms with E-state index in [4.69, 9.17) is 10.5 Å². The van der Waals surface area contributed by atoms with Crippen LogP contribution in [-0.4, -0.2) is 36.2 Å². The summed E-state index contributed by atoms with van der Waals surface area (Å²) < 4.78 is 6.92. The zero-order chi connectivity index (χ0) is 14.0. The number of hydrogen-bond donors (Lipinski definition) is 1. The predicted octanol–water partition coefficient (Wildman–Crippen LogP) is 2.95. The van der Waals surface area contributed by atoms with Crippen LogP contribution in [0.25, 0.3) is 0 Å². The van der Waals surface area contributed by atoms with Gasteiger partial charge in [0.15, 0.2) is 0 Å². The van der Waals surface area contributed by atoms with Crippen LogP contribution in [0.1, 0.15) is 32.4 Å². The summed E-state index contributed by atoms with van der Waals surface area (Å²) in [4.78, 5) is 2.44. The molecular formula is C15H23BrN2O. The topological polar surface area (TPSA) is 38.5 Å². The lowest BCUT2D eigenvalue weighted by Crippen LogP contribution is -2.52. The third-order valence-corrected chi connectivity index (χ3v) is 4.29. The summed E-state index contributed by atoms with van der Waals surface area (Å²) in [5.74, 6) is 0. The van der Waals surface area contributed by atoms with Gasteiger partial charge in [0, 0.05) is 23.6 Å². The number of ether oxygens (including phenoxy) is 1. The van der Waals surface area contributed by atoms with Crippen LogP contribution in [0.2, 0.25) is 0 Å². The van der Waals surface area contributed by atoms with E-state index in [2.05, 4.69) is 59.8 Å². The lowest BCUT2D eigenvalue weighted by atomic mass is 9.96. The van der Waals surface area contributed by atoms with Gasteiger partial charge in [0.25, 0.3) is 0 Å². The minimum absolute atomic E-state index is 0.0765. The maximum absolute atomic E-state index is 6.25. The monoisotopic (exact) mass is 326 g/mol. The van der Waals surface area contributed by atoms with Gasteiger partial charge in [0.1, 0.15) is 0 Å². The van der Waals surface area contributed by atoms with Crippen molar-refractivity contribution in [3.05, 3.63) is 34.3 Å². The van der Waals surface area contributed by atoms with Crippen LogP contribution in [0.4, 0.5) is 0 Å². The molecule has 1 fully saturated rings. The van der Waals surface area contributed by atoms with Gasteiger partial charge in [-0.3, -0.25) is 4.90 Å². The molecule has 1 aliphatic rings. The molecule has 1 aromatic rings. The maximum atomic E-state index is 6.25. The Morgan fingerprint density at radius 1 is 1.37 bits per heavy atom. The summed E-state index contributed by atoms with van der Waals surface area (Å²) in [6, 6.07) is 8.64. The van der Waals surface area contributed by atoms with Gasteiger partial charge in [-0.1, -0.05) is 34.1 Å². The minimum atomic E-state index is -0.105. The lowest BCUT2D eigenvalue weighted by Gasteiger charge is -2.43. The normalized spacial score (nSPS) is 23.0. The third kappa shape index (κ3) is 3.57. The van der Waals surface area contributed by atoms with Crippen molar-refractivity contribution >= 4 is 15.9 Å². The van der Waals surface area contributed by atoms with Crippen LogP contribution in [0.5, 0.6) is 0 Å². The third-order valence-electron chi connectivity index (χ3n) is 3.57. The van der Waals surface area contributed by atoms with Crippen LogP contribution in [-0.2, 0) is 4.74 Å². The Balaban J connectivity index is 2.28. The first-order valence-corrected chi connectivity index (χ1v) is 7.58. The van der Waals surface area contributed by atoms with E-state index < -0.39 is 0 Å². The van der Waals surface area contributed by atoms with E-state index in [0.29, 0.717) is 0 Å². The highest BCUT2D eigenvalue weighted by Crippen LogP contribution is 2.32. The number of benzene rings is 1. The molecule has 4 heteroatoms. The van der Waals surface area contributed by atoms with Gasteiger partial charge in [0.2, 0.25) is 0 Å². The molecule has 0 aliphatic carbocycles. The number of nitrogens with zero attached hydrogens (tertiary/aromatic N) is 1. The Hall–Kier alpha value is -0.420. The Bertz CT molecular complexity index is 434. The smallest absolute Gasteiger partial charge is 0.0753 e. The Morgan fingerprint density at radius 3 is 2.63 bits per heavy atom. The van der Waals surface area contributed by atoms with Gasteiger partial charge < -0.3 is 10.5 Å². The van der Waals surface area contributed by atoms with E-state index in [-0.39, 0.29) is 17.7 Å². The van der Waals surface area contributed by atoms with Crippen molar-refractivity contribution in [1.82, 2.24) is 4.90 Å². The van der Waals surface area contributed by atoms with E-state index in [1.54, 1.807) is 0 Å². The van der Waals surface area contributed by atoms with Gasteiger partial charge in [0.05, 0.1) is 18.2 Å². The Morgan fingerprint density at radius 2 is 2.05 bits per heavy atom. The molecule has 0 spiro atoms. The van der Waals surface area contributed by atoms with Gasteiger partial charge in [-0.25, -0.2) is 0 Å². The molecule has 1 saturated heterocycles. The van der Waals surface area contributed by atoms with Crippen LogP contribution in [0.15, 0.2) is 28.7 Å². The molecule has 2 rings (SSSR count). The van der Waals surface area contributed by atoms with E-state index in [0.717, 1.165) is 24.2 Å². The molecule has 19 heavy (non-hydrogen) atoms. The number of nitrogens with two attached hydrogens (primary N) is 1. The zero-order valence-corrected chi connectivity index (χ0v) is 13.5. The van der Waals surface area contributed by atoms with Crippen molar-refractivity contribution in [1.29, 1.82) is 0 Å². The molecule has 2 atom stereocenters. The molecule has 0 radical (unpaired) electrons. The standard InChI is InChI=1S/C15H23BrN2O/c1-11(17)14(12-6-4-5-7-13(12)16)18-8-9-19-15(2,3)10-18/h4-7,11,14H,8-10,17H2,1-3H3. The van der Waals surface area contributed by atoms with E-state index >= 15 is 0 Å². The highest BCUT2D eigenvalue weighted by molar-refractivity contribution is 9.10. The summed E-state index contributed by atoms with van der Waals surface area (Å²) in [7, 11) is 0. The second-order valence-corrected chi connectivity index (χ2v) is 6.76. The van der Waals surface area contributed by atoms with Crippen molar-refractivity contribution in [3.63, 3.8) is 0 Å². The van der Waals surface area contributed by atoms with Crippen molar-refractivity contribution in [2.24, 2.45) is 5.73 Å². The molecule has 0 saturated carbocycles. The van der Waals surface area contributed by atoms with Gasteiger partial charge in [-0.2, -0.15) is 0 Å². The fourth-order valence-electron chi connectivity index (χ4n) is 2.82. The zero-order valence-electron chi connectivity index (χ0n) is 11.9. The van der Waals surface area contributed by atoms with Crippen LogP contribution in [0, 0.1) is 0 Å². The minimum Gasteiger partial charge on any atom is -0.373 e. The molecule has 106 valence electrons. The number of halogens is 1. The number of hydrogen-bond acceptors (Lipinski definition) is 3. The fraction of sp³-hybridized carbons (Fsp3) is 0.600. The maximum Gasteiger partial charge on any atom is 0.0753 e. The van der Waals surface area contributed by atoms with Gasteiger partial charge >= 0.3 is 0 Å². The number of morpholine rings is 1. The van der Waals surface area contributed by atoms with Crippen molar-refractivity contribution < 1.29 is 4.74 Å². The first-order chi connectivity index (χ1) is 8.91. The second-order valence-electron chi connectivity index (χ2n) is 5.90. The molecule has 0 amide bonds. The Kier molecular flexibility index (Phi) is 4.66. The average molecular weight is 327 g/mol. The summed E-state index contributed by atoms with van der Waals surface area (Å²) in [6.07, 6.45) is 0. The molecule has 2 unspecified atom stereocenters. The summed E-state index contributed by atoms with van der Waals surface area (Å²) in [5, 5.41) is 0. The SMILES string of the molecule is CC(N)C(c1ccccc1Br)N1CCOC(C)(C)C1. The average Bonchev–Trinajstić information content (AvgIpc) is 2.30. The van der Waals surface area contributed by atoms with Crippen LogP contribution in [0.3, 0.4) is 0 Å². The Labute approximate surface area is 124 Å². The highest BCUT2D eigenvalue weighted by atomic mass is 79.9. The lowest BCUT2D eigenvalue weighted by molar-refractivity contribution is -0.0996. The molecule has 0 bridgehead atoms. The molecule has 0 aromatic heterocycles. The molecule has 2 N–H and O–H groups in total. The summed E-state index contributed by atoms with van der Waals surface area (Å²) in [6.45, 7) is 8.94. The van der Waals surface area contributed by atoms with Gasteiger partial charge in [-0.05, 0) is 32.4 Å². The molecule has 1 aliphatic heterocycles. The fourth-order valence-corrected chi connectivity index (χ4v) is 3.34. The summed E-state index contributed by atoms with van der Waals surface area (Å²) in [5.41, 5.74) is 7.41. The van der Waals surface area contributed by atoms with E-state index in [1.165, 1.54) is 5.56 Å². The predicted molar refractivity (Wildman–Crippen MR) is 82.1 cm³/mol. The van der Waals surface area contributed by atoms with E-state index in [9.17, 15) is 0 Å². The first-order valence-electron chi connectivity index (χ1n) is 6.79. The van der Waals surface area contributed by atoms with E-state index in [1.807, 2.05) is 6.07 Å². The van der Waals surface area contributed by atoms with Crippen LogP contribution >= 0.6 is 15.9 Å². The largest absolute Gasteiger partial charge is 0.373 e. The molecule has 1 aromatic carbocycles. The van der Waals surface area contributed by atoms with Crippen molar-refractivity contribution in [3.8, 4) is 0 Å². The van der Waals surface area contributed by atoms with Crippen molar-refractivity contribution in [2.75, 3.05) is 19.7 Å². The quantitative estimate of drug-likeness (QED) is 0.928.